The van der Waals surface area contributed by atoms with Crippen LogP contribution < -0.4 is 4.90 Å². The number of aromatic nitrogens is 1. The Hall–Kier alpha value is -3.47. The topological polar surface area (TPSA) is 69.3 Å². The van der Waals surface area contributed by atoms with Gasteiger partial charge in [0.1, 0.15) is 11.4 Å². The second-order valence-electron chi connectivity index (χ2n) is 7.89. The predicted octanol–water partition coefficient (Wildman–Crippen LogP) is 4.54. The number of anilines is 1. The fourth-order valence-corrected chi connectivity index (χ4v) is 4.61. The molecule has 3 heterocycles. The summed E-state index contributed by atoms with van der Waals surface area (Å²) in [6.07, 6.45) is 1.85. The van der Waals surface area contributed by atoms with Crippen molar-refractivity contribution in [2.45, 2.75) is 31.9 Å². The van der Waals surface area contributed by atoms with Crippen LogP contribution in [0.15, 0.2) is 35.3 Å². The number of hydrogen-bond acceptors (Lipinski definition) is 5. The van der Waals surface area contributed by atoms with Gasteiger partial charge >= 0.3 is 6.18 Å². The van der Waals surface area contributed by atoms with Gasteiger partial charge in [-0.15, -0.1) is 0 Å². The molecular weight excluding hydrogens is 405 g/mol. The minimum atomic E-state index is -4.76. The average molecular weight is 422 g/mol. The zero-order valence-electron chi connectivity index (χ0n) is 16.5. The van der Waals surface area contributed by atoms with Gasteiger partial charge in [0.15, 0.2) is 0 Å². The number of halogens is 3. The molecule has 8 heteroatoms. The van der Waals surface area contributed by atoms with Gasteiger partial charge in [0.05, 0.1) is 23.0 Å². The summed E-state index contributed by atoms with van der Waals surface area (Å²) in [7, 11) is 0. The standard InChI is InChI=1S/C23H17F3N4O/c24-23(25,26)19-11-15(12-27)20-17(5-6-18(31)21(20)29-19)28-16-9-13-3-1-7-30-8-2-4-14(10-16)22(13)30/h5-6,9-11H,1-4,7-8H2. The summed E-state index contributed by atoms with van der Waals surface area (Å²) < 4.78 is 39.6. The predicted molar refractivity (Wildman–Crippen MR) is 109 cm³/mol. The van der Waals surface area contributed by atoms with Crippen LogP contribution in [-0.2, 0) is 19.0 Å². The van der Waals surface area contributed by atoms with Crippen LogP contribution in [0.2, 0.25) is 0 Å². The minimum absolute atomic E-state index is 0.0518. The molecule has 1 aliphatic carbocycles. The summed E-state index contributed by atoms with van der Waals surface area (Å²) in [5.74, 6) is -0.673. The lowest BCUT2D eigenvalue weighted by atomic mass is 9.91. The number of allylic oxidation sites excluding steroid dienone is 2. The molecule has 1 aromatic carbocycles. The molecule has 0 N–H and O–H groups in total. The second-order valence-corrected chi connectivity index (χ2v) is 7.89. The Labute approximate surface area is 176 Å². The van der Waals surface area contributed by atoms with Crippen molar-refractivity contribution in [1.82, 2.24) is 4.98 Å². The maximum Gasteiger partial charge on any atom is 0.433 e. The van der Waals surface area contributed by atoms with Crippen LogP contribution in [0.1, 0.15) is 51.3 Å². The third kappa shape index (κ3) is 3.30. The van der Waals surface area contributed by atoms with Crippen molar-refractivity contribution < 1.29 is 18.0 Å². The van der Waals surface area contributed by atoms with E-state index in [9.17, 15) is 23.2 Å². The van der Waals surface area contributed by atoms with Crippen molar-refractivity contribution in [2.24, 2.45) is 4.99 Å². The van der Waals surface area contributed by atoms with Gasteiger partial charge in [-0.05, 0) is 67.2 Å². The summed E-state index contributed by atoms with van der Waals surface area (Å²) in [6, 6.07) is 6.45. The van der Waals surface area contributed by atoms with Crippen LogP contribution in [0.5, 0.6) is 0 Å². The number of alkyl halides is 3. The molecule has 0 spiro atoms. The number of hydrogen-bond donors (Lipinski definition) is 0. The van der Waals surface area contributed by atoms with Crippen LogP contribution in [0.4, 0.5) is 24.5 Å². The maximum absolute atomic E-state index is 13.2. The SMILES string of the molecule is N#Cc1cc(C(F)(F)F)nc2c1C(=Nc1cc3c4c(c1)CCCN4CCC3)C=CC2=O. The van der Waals surface area contributed by atoms with Gasteiger partial charge in [-0.2, -0.15) is 18.4 Å². The molecule has 5 nitrogen and oxygen atoms in total. The lowest BCUT2D eigenvalue weighted by Gasteiger charge is -2.37. The molecule has 3 aliphatic rings. The quantitative estimate of drug-likeness (QED) is 0.677. The molecule has 1 aromatic heterocycles. The van der Waals surface area contributed by atoms with Crippen molar-refractivity contribution in [3.8, 4) is 6.07 Å². The molecule has 0 saturated heterocycles. The van der Waals surface area contributed by atoms with Gasteiger partial charge in [-0.3, -0.25) is 4.79 Å². The van der Waals surface area contributed by atoms with Gasteiger partial charge in [0, 0.05) is 24.3 Å². The molecule has 5 rings (SSSR count). The number of aliphatic imine (C=N–C) groups is 1. The number of rotatable bonds is 1. The largest absolute Gasteiger partial charge is 0.433 e. The molecule has 0 unspecified atom stereocenters. The highest BCUT2D eigenvalue weighted by Crippen LogP contribution is 2.39. The lowest BCUT2D eigenvalue weighted by Crippen LogP contribution is -2.34. The number of nitrogens with zero attached hydrogens (tertiary/aromatic N) is 4. The van der Waals surface area contributed by atoms with Gasteiger partial charge in [0.2, 0.25) is 5.78 Å². The van der Waals surface area contributed by atoms with Crippen LogP contribution in [0.25, 0.3) is 0 Å². The number of benzene rings is 1. The van der Waals surface area contributed by atoms with E-state index in [0.717, 1.165) is 44.8 Å². The van der Waals surface area contributed by atoms with E-state index in [2.05, 4.69) is 14.9 Å². The van der Waals surface area contributed by atoms with E-state index in [1.807, 2.05) is 12.1 Å². The van der Waals surface area contributed by atoms with Crippen molar-refractivity contribution >= 4 is 22.9 Å². The van der Waals surface area contributed by atoms with Crippen molar-refractivity contribution in [1.29, 1.82) is 5.26 Å². The number of carbonyl (C=O) groups is 1. The first-order valence-corrected chi connectivity index (χ1v) is 10.1. The van der Waals surface area contributed by atoms with E-state index < -0.39 is 23.3 Å². The molecule has 31 heavy (non-hydrogen) atoms. The Morgan fingerprint density at radius 2 is 1.74 bits per heavy atom. The van der Waals surface area contributed by atoms with E-state index >= 15 is 0 Å². The fraction of sp³-hybridized carbons (Fsp3) is 0.304. The highest BCUT2D eigenvalue weighted by Gasteiger charge is 2.36. The third-order valence-corrected chi connectivity index (χ3v) is 5.88. The van der Waals surface area contributed by atoms with E-state index in [0.29, 0.717) is 11.8 Å². The molecule has 156 valence electrons. The summed E-state index contributed by atoms with van der Waals surface area (Å²) >= 11 is 0. The molecule has 0 fully saturated rings. The van der Waals surface area contributed by atoms with Crippen molar-refractivity contribution in [2.75, 3.05) is 18.0 Å². The zero-order chi connectivity index (χ0) is 21.8. The highest BCUT2D eigenvalue weighted by molar-refractivity contribution is 6.24. The minimum Gasteiger partial charge on any atom is -0.371 e. The summed E-state index contributed by atoms with van der Waals surface area (Å²) in [6.45, 7) is 2.09. The number of fused-ring (bicyclic) bond motifs is 1. The number of pyridine rings is 1. The normalized spacial score (nSPS) is 18.6. The Kier molecular flexibility index (Phi) is 4.43. The molecular formula is C23H17F3N4O. The second kappa shape index (κ2) is 7.05. The molecule has 0 atom stereocenters. The van der Waals surface area contributed by atoms with E-state index in [4.69, 9.17) is 0 Å². The van der Waals surface area contributed by atoms with Crippen LogP contribution in [0, 0.1) is 11.3 Å². The first-order valence-electron chi connectivity index (χ1n) is 10.1. The van der Waals surface area contributed by atoms with Crippen LogP contribution >= 0.6 is 0 Å². The fourth-order valence-electron chi connectivity index (χ4n) is 4.61. The first kappa shape index (κ1) is 19.5. The monoisotopic (exact) mass is 422 g/mol. The van der Waals surface area contributed by atoms with Crippen molar-refractivity contribution in [3.05, 3.63) is 64.0 Å². The maximum atomic E-state index is 13.2. The lowest BCUT2D eigenvalue weighted by molar-refractivity contribution is -0.141. The summed E-state index contributed by atoms with van der Waals surface area (Å²) in [4.78, 5) is 22.9. The van der Waals surface area contributed by atoms with Crippen LogP contribution in [-0.4, -0.2) is 29.6 Å². The average Bonchev–Trinajstić information content (AvgIpc) is 2.75. The smallest absolute Gasteiger partial charge is 0.371 e. The molecule has 0 bridgehead atoms. The van der Waals surface area contributed by atoms with Gasteiger partial charge in [-0.1, -0.05) is 0 Å². The molecule has 0 saturated carbocycles. The Balaban J connectivity index is 1.66. The molecule has 0 amide bonds. The van der Waals surface area contributed by atoms with Gasteiger partial charge in [0.25, 0.3) is 0 Å². The third-order valence-electron chi connectivity index (χ3n) is 5.88. The molecule has 0 radical (unpaired) electrons. The van der Waals surface area contributed by atoms with E-state index in [1.54, 1.807) is 6.07 Å². The van der Waals surface area contributed by atoms with Gasteiger partial charge < -0.3 is 4.90 Å². The number of carbonyl (C=O) groups excluding carboxylic acids is 1. The molecule has 2 aromatic rings. The van der Waals surface area contributed by atoms with Crippen molar-refractivity contribution in [3.63, 3.8) is 0 Å². The highest BCUT2D eigenvalue weighted by atomic mass is 19.4. The number of ketones is 1. The van der Waals surface area contributed by atoms with E-state index in [-0.39, 0.29) is 16.8 Å². The van der Waals surface area contributed by atoms with Gasteiger partial charge in [-0.25, -0.2) is 9.98 Å². The zero-order valence-corrected chi connectivity index (χ0v) is 16.5. The Morgan fingerprint density at radius 3 is 2.35 bits per heavy atom. The number of aryl methyl sites for hydroxylation is 2. The van der Waals surface area contributed by atoms with Crippen LogP contribution in [0.3, 0.4) is 0 Å². The first-order chi connectivity index (χ1) is 14.8. The summed E-state index contributed by atoms with van der Waals surface area (Å²) in [5, 5.41) is 9.49. The Morgan fingerprint density at radius 1 is 1.06 bits per heavy atom. The Bertz CT molecular complexity index is 1190. The number of nitriles is 1. The molecule has 2 aliphatic heterocycles. The summed E-state index contributed by atoms with van der Waals surface area (Å²) in [5.41, 5.74) is 2.78. The van der Waals surface area contributed by atoms with E-state index in [1.165, 1.54) is 22.9 Å².